The molecule has 2 atom stereocenters. The van der Waals surface area contributed by atoms with Crippen molar-refractivity contribution in [3.05, 3.63) is 69.2 Å². The fourth-order valence-electron chi connectivity index (χ4n) is 4.61. The van der Waals surface area contributed by atoms with Gasteiger partial charge in [-0.2, -0.15) is 4.58 Å². The highest BCUT2D eigenvalue weighted by molar-refractivity contribution is 6.44. The van der Waals surface area contributed by atoms with Crippen molar-refractivity contribution < 1.29 is 30.9 Å². The third kappa shape index (κ3) is 4.62. The first-order valence-corrected chi connectivity index (χ1v) is 12.0. The Balaban J connectivity index is 2.04. The second kappa shape index (κ2) is 9.52. The van der Waals surface area contributed by atoms with Crippen LogP contribution in [-0.2, 0) is 4.79 Å². The van der Waals surface area contributed by atoms with E-state index in [1.54, 1.807) is 39.8 Å². The lowest BCUT2D eigenvalue weighted by molar-refractivity contribution is -0.681. The number of halogens is 2. The van der Waals surface area contributed by atoms with E-state index < -0.39 is 61.3 Å². The van der Waals surface area contributed by atoms with Gasteiger partial charge in [0.2, 0.25) is 5.66 Å². The summed E-state index contributed by atoms with van der Waals surface area (Å²) in [5.74, 6) is -1.36. The maximum absolute atomic E-state index is 14.4. The number of hydrogen-bond donors (Lipinski definition) is 0. The smallest absolute Gasteiger partial charge is 0.324 e. The minimum atomic E-state index is -3.34. The van der Waals surface area contributed by atoms with Crippen LogP contribution >= 0.6 is 23.2 Å². The predicted molar refractivity (Wildman–Crippen MR) is 137 cm³/mol. The summed E-state index contributed by atoms with van der Waals surface area (Å²) in [7, 11) is 0. The van der Waals surface area contributed by atoms with Gasteiger partial charge in [0.25, 0.3) is 5.71 Å². The summed E-state index contributed by atoms with van der Waals surface area (Å²) in [6, 6.07) is 10.7. The minimum Gasteiger partial charge on any atom is -0.530 e. The molecule has 0 bridgehead atoms. The van der Waals surface area contributed by atoms with Gasteiger partial charge in [-0.05, 0) is 75.7 Å². The van der Waals surface area contributed by atoms with Gasteiger partial charge < -0.3 is 14.8 Å². The van der Waals surface area contributed by atoms with Gasteiger partial charge in [-0.25, -0.2) is 0 Å². The molecule has 2 aromatic rings. The number of carbonyl (C=O) groups is 3. The van der Waals surface area contributed by atoms with Gasteiger partial charge in [0.15, 0.2) is 11.3 Å². The van der Waals surface area contributed by atoms with E-state index in [2.05, 4.69) is 0 Å². The van der Waals surface area contributed by atoms with E-state index in [0.29, 0.717) is 21.2 Å². The average Bonchev–Trinajstić information content (AvgIpc) is 3.09. The van der Waals surface area contributed by atoms with Crippen molar-refractivity contribution >= 4 is 46.7 Å². The molecule has 1 saturated heterocycles. The van der Waals surface area contributed by atoms with Crippen molar-refractivity contribution in [2.24, 2.45) is 0 Å². The predicted octanol–water partition coefficient (Wildman–Crippen LogP) is 3.76. The van der Waals surface area contributed by atoms with E-state index in [0.717, 1.165) is 4.90 Å². The van der Waals surface area contributed by atoms with Crippen LogP contribution in [0.1, 0.15) is 61.9 Å². The van der Waals surface area contributed by atoms with Crippen LogP contribution in [0.5, 0.6) is 0 Å². The van der Waals surface area contributed by atoms with Crippen LogP contribution in [0.3, 0.4) is 0 Å². The number of carboxylic acid groups (broad SMARTS) is 1. The van der Waals surface area contributed by atoms with E-state index in [1.807, 2.05) is 0 Å². The molecule has 9 heteroatoms. The number of likely N-dealkylation sites (tertiary alicyclic amines) is 1. The molecule has 0 N–H and O–H groups in total. The highest BCUT2D eigenvalue weighted by Crippen LogP contribution is 2.40. The van der Waals surface area contributed by atoms with Crippen LogP contribution in [0.2, 0.25) is 10.0 Å². The lowest BCUT2D eigenvalue weighted by atomic mass is 9.90. The maximum atomic E-state index is 14.4. The molecule has 36 heavy (non-hydrogen) atoms. The summed E-state index contributed by atoms with van der Waals surface area (Å²) in [5.41, 5.74) is -2.32. The molecule has 2 aromatic carbocycles. The third-order valence-electron chi connectivity index (χ3n) is 6.19. The highest BCUT2D eigenvalue weighted by Gasteiger charge is 2.63. The molecule has 2 unspecified atom stereocenters. The molecule has 2 amide bonds. The monoisotopic (exact) mass is 534 g/mol. The first-order chi connectivity index (χ1) is 18.8. The number of ketones is 1. The quantitative estimate of drug-likeness (QED) is 0.441. The Morgan fingerprint density at radius 3 is 2.42 bits per heavy atom. The maximum Gasteiger partial charge on any atom is 0.324 e. The lowest BCUT2D eigenvalue weighted by Gasteiger charge is -2.44. The standard InChI is InChI=1S/C27H29Cl2N3O4/c1-17-15-19(7-10-21(17)29)22(33)16-31-24(34)23(18-5-8-20(28)9-6-18)32(26(2,3)4)27(31)11-13-30(14-12-27)25(35)36/h5-10,15H,11-14,16H2,1-4H3/i11D2,13D2,14D. The van der Waals surface area contributed by atoms with Gasteiger partial charge in [-0.1, -0.05) is 23.2 Å². The minimum absolute atomic E-state index is 0.00636. The molecule has 2 aliphatic heterocycles. The Morgan fingerprint density at radius 2 is 1.83 bits per heavy atom. The Labute approximate surface area is 227 Å². The third-order valence-corrected chi connectivity index (χ3v) is 6.87. The number of Topliss-reactive ketones (excluding diaryl/α,β-unsaturated/α-hetero) is 1. The first-order valence-electron chi connectivity index (χ1n) is 13.8. The van der Waals surface area contributed by atoms with Crippen LogP contribution < -0.4 is 5.11 Å². The first kappa shape index (κ1) is 20.2. The summed E-state index contributed by atoms with van der Waals surface area (Å²) < 4.78 is 45.8. The zero-order valence-corrected chi connectivity index (χ0v) is 21.8. The summed E-state index contributed by atoms with van der Waals surface area (Å²) in [4.78, 5) is 40.9. The molecule has 190 valence electrons. The lowest BCUT2D eigenvalue weighted by Crippen LogP contribution is -2.64. The largest absolute Gasteiger partial charge is 0.530 e. The van der Waals surface area contributed by atoms with Crippen LogP contribution in [0, 0.1) is 6.92 Å². The number of nitrogens with zero attached hydrogens (tertiary/aromatic N) is 3. The molecule has 4 rings (SSSR count). The summed E-state index contributed by atoms with van der Waals surface area (Å²) in [5, 5.41) is 12.7. The van der Waals surface area contributed by atoms with Crippen molar-refractivity contribution in [3.8, 4) is 0 Å². The molecule has 0 radical (unpaired) electrons. The normalized spacial score (nSPS) is 27.3. The van der Waals surface area contributed by atoms with Gasteiger partial charge in [0.05, 0.1) is 24.9 Å². The average molecular weight is 535 g/mol. The summed E-state index contributed by atoms with van der Waals surface area (Å²) in [6.45, 7) is 0.843. The zero-order valence-electron chi connectivity index (χ0n) is 25.3. The molecule has 2 aliphatic rings. The van der Waals surface area contributed by atoms with Crippen LogP contribution in [0.25, 0.3) is 0 Å². The van der Waals surface area contributed by atoms with Crippen molar-refractivity contribution in [2.75, 3.05) is 19.6 Å². The Kier molecular flexibility index (Phi) is 5.34. The fourth-order valence-corrected chi connectivity index (χ4v) is 4.86. The van der Waals surface area contributed by atoms with Crippen molar-refractivity contribution in [1.82, 2.24) is 9.80 Å². The SMILES string of the molecule is [2H]C1CC2(N(CC(=O)c3ccc(Cl)c(C)c3)C(=O)C(c3ccc(Cl)cc3)=[N+]2C(C)(C)C)C([2H])([2H])C([2H])([2H])N1C(=O)[O-]. The van der Waals surface area contributed by atoms with Crippen LogP contribution in [0.4, 0.5) is 4.79 Å². The van der Waals surface area contributed by atoms with Gasteiger partial charge in [-0.3, -0.25) is 14.5 Å². The molecule has 0 aromatic heterocycles. The van der Waals surface area contributed by atoms with E-state index in [9.17, 15) is 22.2 Å². The van der Waals surface area contributed by atoms with Gasteiger partial charge in [0.1, 0.15) is 6.09 Å². The molecule has 1 fully saturated rings. The Morgan fingerprint density at radius 1 is 1.17 bits per heavy atom. The van der Waals surface area contributed by atoms with Crippen molar-refractivity contribution in [1.29, 1.82) is 0 Å². The van der Waals surface area contributed by atoms with Crippen LogP contribution in [-0.4, -0.2) is 68.6 Å². The van der Waals surface area contributed by atoms with E-state index >= 15 is 0 Å². The fraction of sp³-hybridized carbons (Fsp3) is 0.407. The van der Waals surface area contributed by atoms with Crippen molar-refractivity contribution in [3.63, 3.8) is 0 Å². The van der Waals surface area contributed by atoms with Crippen molar-refractivity contribution in [2.45, 2.75) is 51.7 Å². The Hall–Kier alpha value is -2.90. The van der Waals surface area contributed by atoms with Gasteiger partial charge >= 0.3 is 5.91 Å². The number of piperidine rings is 1. The van der Waals surface area contributed by atoms with Gasteiger partial charge in [0, 0.05) is 35.5 Å². The molecule has 0 aliphatic carbocycles. The summed E-state index contributed by atoms with van der Waals surface area (Å²) in [6.07, 6.45) is -5.92. The molecular formula is C27H29Cl2N3O4. The van der Waals surface area contributed by atoms with Crippen LogP contribution in [0.15, 0.2) is 42.5 Å². The molecule has 7 nitrogen and oxygen atoms in total. The molecule has 1 spiro atoms. The summed E-state index contributed by atoms with van der Waals surface area (Å²) >= 11 is 12.2. The number of hydrogen-bond acceptors (Lipinski definition) is 4. The second-order valence-corrected chi connectivity index (χ2v) is 10.6. The van der Waals surface area contributed by atoms with E-state index in [1.165, 1.54) is 34.9 Å². The van der Waals surface area contributed by atoms with Gasteiger partial charge in [-0.15, -0.1) is 0 Å². The highest BCUT2D eigenvalue weighted by atomic mass is 35.5. The molecule has 0 saturated carbocycles. The second-order valence-electron chi connectivity index (χ2n) is 9.72. The molecular weight excluding hydrogens is 501 g/mol. The number of aryl methyl sites for hydroxylation is 1. The van der Waals surface area contributed by atoms with E-state index in [-0.39, 0.29) is 16.2 Å². The zero-order chi connectivity index (χ0) is 30.9. The molecule has 2 heterocycles. The van der Waals surface area contributed by atoms with E-state index in [4.69, 9.17) is 27.3 Å². The Bertz CT molecular complexity index is 1480. The number of benzene rings is 2. The topological polar surface area (TPSA) is 83.8 Å². The number of rotatable bonds is 4. The number of amides is 2. The number of carbonyl (C=O) groups excluding carboxylic acids is 3.